The van der Waals surface area contributed by atoms with Crippen LogP contribution < -0.4 is 0 Å². The summed E-state index contributed by atoms with van der Waals surface area (Å²) in [6.45, 7) is 6.89. The molecular formula is C11H18N4O4. The van der Waals surface area contributed by atoms with Gasteiger partial charge in [0.2, 0.25) is 0 Å². The molecule has 1 saturated heterocycles. The van der Waals surface area contributed by atoms with E-state index in [1.807, 2.05) is 0 Å². The second-order valence-corrected chi connectivity index (χ2v) is 5.31. The number of rotatable bonds is 2. The van der Waals surface area contributed by atoms with Gasteiger partial charge in [0.1, 0.15) is 11.7 Å². The van der Waals surface area contributed by atoms with Gasteiger partial charge in [0.25, 0.3) is 0 Å². The minimum atomic E-state index is -0.624. The Morgan fingerprint density at radius 2 is 2.00 bits per heavy atom. The molecule has 0 aromatic carbocycles. The molecule has 0 aromatic rings. The number of hydrogen-bond donors (Lipinski definition) is 0. The number of likely N-dealkylation sites (tertiary alicyclic amines) is 1. The van der Waals surface area contributed by atoms with Crippen LogP contribution in [0.2, 0.25) is 0 Å². The van der Waals surface area contributed by atoms with Gasteiger partial charge in [0.05, 0.1) is 12.6 Å². The molecule has 1 heterocycles. The molecule has 8 nitrogen and oxygen atoms in total. The third kappa shape index (κ3) is 4.67. The summed E-state index contributed by atoms with van der Waals surface area (Å²) >= 11 is 0. The molecule has 0 aromatic heterocycles. The number of nitrogens with zero attached hydrogens (tertiary/aromatic N) is 4. The minimum absolute atomic E-state index is 0.165. The van der Waals surface area contributed by atoms with E-state index in [1.165, 1.54) is 11.8 Å². The third-order valence-corrected chi connectivity index (χ3v) is 2.41. The Kier molecular flexibility index (Phi) is 4.61. The summed E-state index contributed by atoms with van der Waals surface area (Å²) in [5, 5.41) is 3.54. The third-order valence-electron chi connectivity index (χ3n) is 2.41. The average molecular weight is 270 g/mol. The molecule has 1 amide bonds. The highest BCUT2D eigenvalue weighted by Gasteiger charge is 2.38. The van der Waals surface area contributed by atoms with Crippen molar-refractivity contribution in [1.82, 2.24) is 4.90 Å². The first-order valence-electron chi connectivity index (χ1n) is 5.92. The summed E-state index contributed by atoms with van der Waals surface area (Å²) in [5.41, 5.74) is 7.87. The maximum absolute atomic E-state index is 11.9. The fourth-order valence-corrected chi connectivity index (χ4v) is 1.74. The minimum Gasteiger partial charge on any atom is -0.460 e. The maximum atomic E-state index is 11.9. The van der Waals surface area contributed by atoms with E-state index in [-0.39, 0.29) is 13.1 Å². The van der Waals surface area contributed by atoms with Crippen LogP contribution in [-0.4, -0.2) is 47.8 Å². The smallest absolute Gasteiger partial charge is 0.410 e. The molecular weight excluding hydrogens is 252 g/mol. The summed E-state index contributed by atoms with van der Waals surface area (Å²) in [6.07, 6.45) is -1.14. The van der Waals surface area contributed by atoms with E-state index in [9.17, 15) is 9.59 Å². The number of esters is 1. The highest BCUT2D eigenvalue weighted by Crippen LogP contribution is 2.20. The zero-order valence-electron chi connectivity index (χ0n) is 11.5. The molecule has 2 atom stereocenters. The standard InChI is InChI=1S/C11H18N4O4/c1-7(16)18-9-6-15(5-8(9)13-14-12)10(17)19-11(2,3)4/h8-9H,5-6H2,1-4H3/t8-,9+/m0/s1. The average Bonchev–Trinajstić information content (AvgIpc) is 2.59. The maximum Gasteiger partial charge on any atom is 0.410 e. The molecule has 0 radical (unpaired) electrons. The highest BCUT2D eigenvalue weighted by atomic mass is 16.6. The van der Waals surface area contributed by atoms with E-state index in [1.54, 1.807) is 20.8 Å². The molecule has 1 aliphatic heterocycles. The lowest BCUT2D eigenvalue weighted by Gasteiger charge is -2.24. The highest BCUT2D eigenvalue weighted by molar-refractivity contribution is 5.69. The molecule has 1 aliphatic rings. The zero-order chi connectivity index (χ0) is 14.6. The molecule has 0 N–H and O–H groups in total. The molecule has 19 heavy (non-hydrogen) atoms. The topological polar surface area (TPSA) is 105 Å². The monoisotopic (exact) mass is 270 g/mol. The van der Waals surface area contributed by atoms with Gasteiger partial charge in [-0.2, -0.15) is 0 Å². The number of azide groups is 1. The van der Waals surface area contributed by atoms with Crippen molar-refractivity contribution >= 4 is 12.1 Å². The van der Waals surface area contributed by atoms with Crippen molar-refractivity contribution < 1.29 is 19.1 Å². The van der Waals surface area contributed by atoms with Crippen molar-refractivity contribution in [3.63, 3.8) is 0 Å². The van der Waals surface area contributed by atoms with Crippen LogP contribution in [0, 0.1) is 0 Å². The van der Waals surface area contributed by atoms with E-state index in [0.717, 1.165) is 0 Å². The van der Waals surface area contributed by atoms with E-state index < -0.39 is 29.8 Å². The fraction of sp³-hybridized carbons (Fsp3) is 0.818. The lowest BCUT2D eigenvalue weighted by molar-refractivity contribution is -0.146. The van der Waals surface area contributed by atoms with Crippen LogP contribution in [0.25, 0.3) is 10.4 Å². The van der Waals surface area contributed by atoms with Gasteiger partial charge >= 0.3 is 12.1 Å². The largest absolute Gasteiger partial charge is 0.460 e. The van der Waals surface area contributed by atoms with Crippen LogP contribution in [0.15, 0.2) is 5.11 Å². The van der Waals surface area contributed by atoms with Crippen LogP contribution in [-0.2, 0) is 14.3 Å². The van der Waals surface area contributed by atoms with Gasteiger partial charge in [-0.25, -0.2) is 4.79 Å². The lowest BCUT2D eigenvalue weighted by atomic mass is 10.2. The Morgan fingerprint density at radius 1 is 1.37 bits per heavy atom. The Hall–Kier alpha value is -1.95. The predicted molar refractivity (Wildman–Crippen MR) is 66.3 cm³/mol. The van der Waals surface area contributed by atoms with E-state index >= 15 is 0 Å². The van der Waals surface area contributed by atoms with Gasteiger partial charge in [-0.3, -0.25) is 4.79 Å². The zero-order valence-corrected chi connectivity index (χ0v) is 11.5. The van der Waals surface area contributed by atoms with Crippen molar-refractivity contribution in [2.75, 3.05) is 13.1 Å². The molecule has 0 unspecified atom stereocenters. The number of hydrogen-bond acceptors (Lipinski definition) is 5. The van der Waals surface area contributed by atoms with Crippen molar-refractivity contribution in [2.24, 2.45) is 5.11 Å². The van der Waals surface area contributed by atoms with Gasteiger partial charge < -0.3 is 14.4 Å². The SMILES string of the molecule is CC(=O)O[C@@H]1CN(C(=O)OC(C)(C)C)C[C@@H]1N=[N+]=[N-]. The predicted octanol–water partition coefficient (Wildman–Crippen LogP) is 1.85. The van der Waals surface area contributed by atoms with Gasteiger partial charge in [0.15, 0.2) is 0 Å². The van der Waals surface area contributed by atoms with Gasteiger partial charge in [0, 0.05) is 18.4 Å². The molecule has 106 valence electrons. The molecule has 0 saturated carbocycles. The normalized spacial score (nSPS) is 22.6. The Labute approximate surface area is 111 Å². The molecule has 0 spiro atoms. The van der Waals surface area contributed by atoms with Crippen LogP contribution in [0.3, 0.4) is 0 Å². The summed E-state index contributed by atoms with van der Waals surface area (Å²) in [6, 6.07) is -0.582. The van der Waals surface area contributed by atoms with Crippen molar-refractivity contribution in [2.45, 2.75) is 45.4 Å². The lowest BCUT2D eigenvalue weighted by Crippen LogP contribution is -2.36. The number of carbonyl (C=O) groups is 2. The molecule has 1 rings (SSSR count). The number of amides is 1. The fourth-order valence-electron chi connectivity index (χ4n) is 1.74. The van der Waals surface area contributed by atoms with Crippen molar-refractivity contribution in [1.29, 1.82) is 0 Å². The summed E-state index contributed by atoms with van der Waals surface area (Å²) < 4.78 is 10.2. The Balaban J connectivity index is 2.71. The van der Waals surface area contributed by atoms with Crippen LogP contribution in [0.4, 0.5) is 4.79 Å². The molecule has 8 heteroatoms. The summed E-state index contributed by atoms with van der Waals surface area (Å²) in [7, 11) is 0. The van der Waals surface area contributed by atoms with Gasteiger partial charge in [-0.1, -0.05) is 5.11 Å². The Bertz CT molecular complexity index is 411. The van der Waals surface area contributed by atoms with Gasteiger partial charge in [-0.05, 0) is 26.3 Å². The van der Waals surface area contributed by atoms with E-state index in [2.05, 4.69) is 10.0 Å². The second kappa shape index (κ2) is 5.79. The first-order chi connectivity index (χ1) is 8.73. The van der Waals surface area contributed by atoms with Crippen molar-refractivity contribution in [3.8, 4) is 0 Å². The Morgan fingerprint density at radius 3 is 2.47 bits per heavy atom. The number of ether oxygens (including phenoxy) is 2. The number of carbonyl (C=O) groups excluding carboxylic acids is 2. The first kappa shape index (κ1) is 15.1. The summed E-state index contributed by atoms with van der Waals surface area (Å²) in [4.78, 5) is 26.9. The van der Waals surface area contributed by atoms with E-state index in [0.29, 0.717) is 0 Å². The van der Waals surface area contributed by atoms with Gasteiger partial charge in [-0.15, -0.1) is 0 Å². The van der Waals surface area contributed by atoms with Crippen LogP contribution >= 0.6 is 0 Å². The van der Waals surface area contributed by atoms with E-state index in [4.69, 9.17) is 15.0 Å². The quantitative estimate of drug-likeness (QED) is 0.330. The summed E-state index contributed by atoms with van der Waals surface area (Å²) in [5.74, 6) is -0.478. The van der Waals surface area contributed by atoms with Crippen molar-refractivity contribution in [3.05, 3.63) is 10.4 Å². The second-order valence-electron chi connectivity index (χ2n) is 5.31. The molecule has 1 fully saturated rings. The van der Waals surface area contributed by atoms with Crippen LogP contribution in [0.1, 0.15) is 27.7 Å². The first-order valence-corrected chi connectivity index (χ1v) is 5.92. The van der Waals surface area contributed by atoms with Crippen LogP contribution in [0.5, 0.6) is 0 Å². The molecule has 0 aliphatic carbocycles. The molecule has 0 bridgehead atoms.